The van der Waals surface area contributed by atoms with E-state index in [9.17, 15) is 5.11 Å². The van der Waals surface area contributed by atoms with Gasteiger partial charge in [-0.1, -0.05) is 38.0 Å². The van der Waals surface area contributed by atoms with Crippen LogP contribution in [0.2, 0.25) is 0 Å². The van der Waals surface area contributed by atoms with Gasteiger partial charge < -0.3 is 15.2 Å². The van der Waals surface area contributed by atoms with Crippen molar-refractivity contribution in [3.05, 3.63) is 29.8 Å². The molecule has 112 valence electrons. The summed E-state index contributed by atoms with van der Waals surface area (Å²) in [6.07, 6.45) is 5.78. The van der Waals surface area contributed by atoms with Gasteiger partial charge in [0, 0.05) is 30.2 Å². The zero-order chi connectivity index (χ0) is 14.4. The fraction of sp³-hybridized carbons (Fsp3) is 0.647. The van der Waals surface area contributed by atoms with Gasteiger partial charge in [-0.25, -0.2) is 0 Å². The molecule has 1 fully saturated rings. The minimum absolute atomic E-state index is 0.0927. The summed E-state index contributed by atoms with van der Waals surface area (Å²) in [5, 5.41) is 13.4. The molecule has 0 heterocycles. The van der Waals surface area contributed by atoms with Crippen LogP contribution < -0.4 is 10.1 Å². The van der Waals surface area contributed by atoms with Gasteiger partial charge in [-0.05, 0) is 25.3 Å². The van der Waals surface area contributed by atoms with E-state index in [0.29, 0.717) is 6.61 Å². The lowest BCUT2D eigenvalue weighted by Crippen LogP contribution is -2.37. The molecule has 0 aromatic heterocycles. The third-order valence-corrected chi connectivity index (χ3v) is 4.65. The topological polar surface area (TPSA) is 41.5 Å². The summed E-state index contributed by atoms with van der Waals surface area (Å²) < 4.78 is 5.46. The molecule has 0 bridgehead atoms. The van der Waals surface area contributed by atoms with E-state index in [0.717, 1.165) is 31.6 Å². The molecule has 3 heteroatoms. The average Bonchev–Trinajstić information content (AvgIpc) is 2.98. The van der Waals surface area contributed by atoms with Crippen LogP contribution in [0.5, 0.6) is 5.75 Å². The first kappa shape index (κ1) is 15.3. The van der Waals surface area contributed by atoms with E-state index in [4.69, 9.17) is 4.74 Å². The number of hydrogen-bond donors (Lipinski definition) is 2. The quantitative estimate of drug-likeness (QED) is 0.803. The second-order valence-corrected chi connectivity index (χ2v) is 5.95. The van der Waals surface area contributed by atoms with Crippen LogP contribution in [0.25, 0.3) is 0 Å². The molecule has 2 N–H and O–H groups in total. The number of ether oxygens (including phenoxy) is 1. The molecule has 3 nitrogen and oxygen atoms in total. The number of nitrogens with one attached hydrogen (secondary N) is 1. The van der Waals surface area contributed by atoms with Crippen LogP contribution in [-0.4, -0.2) is 25.4 Å². The molecule has 0 amide bonds. The molecule has 0 radical (unpaired) electrons. The summed E-state index contributed by atoms with van der Waals surface area (Å²) in [6, 6.07) is 8.48. The van der Waals surface area contributed by atoms with Crippen LogP contribution >= 0.6 is 0 Å². The predicted molar refractivity (Wildman–Crippen MR) is 82.0 cm³/mol. The molecular weight excluding hydrogens is 250 g/mol. The van der Waals surface area contributed by atoms with Crippen molar-refractivity contribution in [2.75, 3.05) is 20.3 Å². The van der Waals surface area contributed by atoms with E-state index in [1.807, 2.05) is 12.1 Å². The number of benzene rings is 1. The normalized spacial score (nSPS) is 18.9. The average molecular weight is 277 g/mol. The fourth-order valence-electron chi connectivity index (χ4n) is 3.28. The van der Waals surface area contributed by atoms with Crippen molar-refractivity contribution in [3.8, 4) is 5.75 Å². The summed E-state index contributed by atoms with van der Waals surface area (Å²) >= 11 is 0. The summed E-state index contributed by atoms with van der Waals surface area (Å²) in [5.74, 6) is 0.941. The Morgan fingerprint density at radius 3 is 2.60 bits per heavy atom. The molecule has 1 aromatic carbocycles. The highest BCUT2D eigenvalue weighted by Crippen LogP contribution is 2.38. The van der Waals surface area contributed by atoms with Gasteiger partial charge in [-0.2, -0.15) is 0 Å². The second-order valence-electron chi connectivity index (χ2n) is 5.95. The van der Waals surface area contributed by atoms with Crippen LogP contribution in [0.1, 0.15) is 50.6 Å². The van der Waals surface area contributed by atoms with E-state index < -0.39 is 0 Å². The molecule has 1 aromatic rings. The maximum absolute atomic E-state index is 9.71. The third kappa shape index (κ3) is 3.33. The Morgan fingerprint density at radius 1 is 1.30 bits per heavy atom. The minimum Gasteiger partial charge on any atom is -0.496 e. The second kappa shape index (κ2) is 7.09. The molecule has 0 aliphatic heterocycles. The Kier molecular flexibility index (Phi) is 5.44. The minimum atomic E-state index is 0.0927. The Labute approximate surface area is 122 Å². The first-order valence-corrected chi connectivity index (χ1v) is 7.72. The van der Waals surface area contributed by atoms with E-state index >= 15 is 0 Å². The molecule has 1 aliphatic carbocycles. The molecule has 0 spiro atoms. The van der Waals surface area contributed by atoms with E-state index in [-0.39, 0.29) is 11.5 Å². The zero-order valence-electron chi connectivity index (χ0n) is 12.7. The van der Waals surface area contributed by atoms with E-state index in [1.165, 1.54) is 18.4 Å². The van der Waals surface area contributed by atoms with Gasteiger partial charge in [0.15, 0.2) is 0 Å². The highest BCUT2D eigenvalue weighted by Gasteiger charge is 2.33. The van der Waals surface area contributed by atoms with Crippen molar-refractivity contribution in [2.24, 2.45) is 5.41 Å². The van der Waals surface area contributed by atoms with Crippen molar-refractivity contribution in [3.63, 3.8) is 0 Å². The molecular formula is C17H27NO2. The van der Waals surface area contributed by atoms with E-state index in [1.54, 1.807) is 7.11 Å². The molecule has 0 saturated heterocycles. The Hall–Kier alpha value is -1.06. The third-order valence-electron chi connectivity index (χ3n) is 4.65. The maximum Gasteiger partial charge on any atom is 0.123 e. The van der Waals surface area contributed by atoms with Crippen molar-refractivity contribution in [1.29, 1.82) is 0 Å². The fourth-order valence-corrected chi connectivity index (χ4v) is 3.28. The lowest BCUT2D eigenvalue weighted by Gasteiger charge is -2.30. The molecule has 1 unspecified atom stereocenters. The molecule has 2 rings (SSSR count). The summed E-state index contributed by atoms with van der Waals surface area (Å²) in [6.45, 7) is 3.37. The Balaban J connectivity index is 2.05. The first-order valence-electron chi connectivity index (χ1n) is 7.72. The summed E-state index contributed by atoms with van der Waals surface area (Å²) in [7, 11) is 1.72. The first-order chi connectivity index (χ1) is 9.74. The van der Waals surface area contributed by atoms with Gasteiger partial charge in [0.2, 0.25) is 0 Å². The Morgan fingerprint density at radius 2 is 2.00 bits per heavy atom. The van der Waals surface area contributed by atoms with E-state index in [2.05, 4.69) is 24.4 Å². The zero-order valence-corrected chi connectivity index (χ0v) is 12.7. The van der Waals surface area contributed by atoms with Crippen LogP contribution in [0.15, 0.2) is 24.3 Å². The number of methoxy groups -OCH3 is 1. The van der Waals surface area contributed by atoms with Crippen molar-refractivity contribution in [1.82, 2.24) is 5.32 Å². The maximum atomic E-state index is 9.71. The molecule has 1 atom stereocenters. The van der Waals surface area contributed by atoms with Crippen LogP contribution in [0.4, 0.5) is 0 Å². The smallest absolute Gasteiger partial charge is 0.123 e. The van der Waals surface area contributed by atoms with Crippen LogP contribution in [-0.2, 0) is 0 Å². The largest absolute Gasteiger partial charge is 0.496 e. The lowest BCUT2D eigenvalue weighted by atomic mass is 9.86. The summed E-state index contributed by atoms with van der Waals surface area (Å²) in [4.78, 5) is 0. The molecule has 1 saturated carbocycles. The van der Waals surface area contributed by atoms with Gasteiger partial charge in [-0.15, -0.1) is 0 Å². The van der Waals surface area contributed by atoms with Gasteiger partial charge >= 0.3 is 0 Å². The van der Waals surface area contributed by atoms with Gasteiger partial charge in [0.25, 0.3) is 0 Å². The summed E-state index contributed by atoms with van der Waals surface area (Å²) in [5.41, 5.74) is 1.30. The highest BCUT2D eigenvalue weighted by atomic mass is 16.5. The monoisotopic (exact) mass is 277 g/mol. The molecule has 1 aliphatic rings. The number of hydrogen-bond acceptors (Lipinski definition) is 3. The predicted octanol–water partition coefficient (Wildman–Crippen LogP) is 3.29. The SMILES string of the molecule is CCC(NCC1(CO)CCCC1)c1ccccc1OC. The van der Waals surface area contributed by atoms with Gasteiger partial charge in [0.1, 0.15) is 5.75 Å². The van der Waals surface area contributed by atoms with Crippen LogP contribution in [0.3, 0.4) is 0 Å². The number of aliphatic hydroxyl groups excluding tert-OH is 1. The number of rotatable bonds is 7. The number of para-hydroxylation sites is 1. The molecule has 20 heavy (non-hydrogen) atoms. The van der Waals surface area contributed by atoms with Crippen LogP contribution in [0, 0.1) is 5.41 Å². The standard InChI is InChI=1S/C17H27NO2/c1-3-15(14-8-4-5-9-16(14)20-2)18-12-17(13-19)10-6-7-11-17/h4-5,8-9,15,18-19H,3,6-7,10-13H2,1-2H3. The van der Waals surface area contributed by atoms with Crippen molar-refractivity contribution < 1.29 is 9.84 Å². The van der Waals surface area contributed by atoms with Gasteiger partial charge in [-0.3, -0.25) is 0 Å². The van der Waals surface area contributed by atoms with Gasteiger partial charge in [0.05, 0.1) is 7.11 Å². The lowest BCUT2D eigenvalue weighted by molar-refractivity contribution is 0.124. The number of aliphatic hydroxyl groups is 1. The van der Waals surface area contributed by atoms with Crippen molar-refractivity contribution >= 4 is 0 Å². The van der Waals surface area contributed by atoms with Crippen molar-refractivity contribution in [2.45, 2.75) is 45.1 Å². The Bertz CT molecular complexity index is 413. The highest BCUT2D eigenvalue weighted by molar-refractivity contribution is 5.35.